The number of thiazole rings is 1. The molecule has 0 unspecified atom stereocenters. The number of ether oxygens (including phenoxy) is 2. The summed E-state index contributed by atoms with van der Waals surface area (Å²) in [5.41, 5.74) is 2.47. The van der Waals surface area contributed by atoms with Crippen molar-refractivity contribution >= 4 is 22.4 Å². The SMILES string of the molecule is COc1ccc(OCCC(=O)Nc2ncc(Cc3ccc(C)cc3)s2)cc1. The van der Waals surface area contributed by atoms with Crippen LogP contribution < -0.4 is 14.8 Å². The minimum absolute atomic E-state index is 0.111. The molecule has 0 atom stereocenters. The van der Waals surface area contributed by atoms with Gasteiger partial charge in [0, 0.05) is 17.5 Å². The molecule has 0 saturated carbocycles. The number of hydrogen-bond donors (Lipinski definition) is 1. The van der Waals surface area contributed by atoms with Gasteiger partial charge in [0.15, 0.2) is 5.13 Å². The number of aromatic nitrogens is 1. The van der Waals surface area contributed by atoms with E-state index in [1.165, 1.54) is 22.5 Å². The average molecular weight is 382 g/mol. The summed E-state index contributed by atoms with van der Waals surface area (Å²) < 4.78 is 10.7. The number of hydrogen-bond acceptors (Lipinski definition) is 5. The molecule has 3 rings (SSSR count). The highest BCUT2D eigenvalue weighted by atomic mass is 32.1. The molecule has 0 radical (unpaired) electrons. The van der Waals surface area contributed by atoms with Crippen molar-refractivity contribution in [3.05, 3.63) is 70.7 Å². The van der Waals surface area contributed by atoms with Crippen molar-refractivity contribution in [2.24, 2.45) is 0 Å². The summed E-state index contributed by atoms with van der Waals surface area (Å²) in [6.45, 7) is 2.38. The van der Waals surface area contributed by atoms with Gasteiger partial charge in [0.1, 0.15) is 11.5 Å². The zero-order chi connectivity index (χ0) is 19.1. The molecule has 1 aromatic heterocycles. The van der Waals surface area contributed by atoms with E-state index in [0.29, 0.717) is 17.5 Å². The predicted molar refractivity (Wildman–Crippen MR) is 108 cm³/mol. The molecule has 3 aromatic rings. The van der Waals surface area contributed by atoms with Gasteiger partial charge in [-0.15, -0.1) is 11.3 Å². The normalized spacial score (nSPS) is 10.4. The standard InChI is InChI=1S/C21H22N2O3S/c1-15-3-5-16(6-4-15)13-19-14-22-21(27-19)23-20(24)11-12-26-18-9-7-17(25-2)8-10-18/h3-10,14H,11-13H2,1-2H3,(H,22,23,24). The van der Waals surface area contributed by atoms with E-state index in [0.717, 1.165) is 17.0 Å². The summed E-state index contributed by atoms with van der Waals surface area (Å²) in [5.74, 6) is 1.36. The molecular formula is C21H22N2O3S. The van der Waals surface area contributed by atoms with Crippen molar-refractivity contribution in [3.8, 4) is 11.5 Å². The predicted octanol–water partition coefficient (Wildman–Crippen LogP) is 4.46. The number of carbonyl (C=O) groups excluding carboxylic acids is 1. The van der Waals surface area contributed by atoms with Gasteiger partial charge in [0.25, 0.3) is 0 Å². The Bertz CT molecular complexity index is 873. The first-order valence-electron chi connectivity index (χ1n) is 8.69. The maximum Gasteiger partial charge on any atom is 0.229 e. The van der Waals surface area contributed by atoms with Crippen molar-refractivity contribution in [3.63, 3.8) is 0 Å². The van der Waals surface area contributed by atoms with Gasteiger partial charge < -0.3 is 14.8 Å². The Kier molecular flexibility index (Phi) is 6.44. The fraction of sp³-hybridized carbons (Fsp3) is 0.238. The van der Waals surface area contributed by atoms with E-state index >= 15 is 0 Å². The first-order chi connectivity index (χ1) is 13.1. The Balaban J connectivity index is 1.43. The Morgan fingerprint density at radius 1 is 1.07 bits per heavy atom. The molecule has 1 heterocycles. The van der Waals surface area contributed by atoms with Crippen LogP contribution in [0.1, 0.15) is 22.4 Å². The molecule has 140 valence electrons. The number of rotatable bonds is 8. The van der Waals surface area contributed by atoms with Crippen LogP contribution in [0.5, 0.6) is 11.5 Å². The fourth-order valence-corrected chi connectivity index (χ4v) is 3.33. The van der Waals surface area contributed by atoms with E-state index in [1.807, 2.05) is 30.5 Å². The number of nitrogens with one attached hydrogen (secondary N) is 1. The van der Waals surface area contributed by atoms with Crippen molar-refractivity contribution in [2.75, 3.05) is 19.0 Å². The van der Waals surface area contributed by atoms with Crippen LogP contribution in [0, 0.1) is 6.92 Å². The molecule has 1 N–H and O–H groups in total. The Labute approximate surface area is 163 Å². The first-order valence-corrected chi connectivity index (χ1v) is 9.51. The van der Waals surface area contributed by atoms with E-state index in [-0.39, 0.29) is 12.3 Å². The molecule has 0 aliphatic rings. The van der Waals surface area contributed by atoms with Crippen LogP contribution in [0.2, 0.25) is 0 Å². The third-order valence-electron chi connectivity index (χ3n) is 3.96. The molecule has 27 heavy (non-hydrogen) atoms. The van der Waals surface area contributed by atoms with Gasteiger partial charge in [-0.25, -0.2) is 4.98 Å². The maximum absolute atomic E-state index is 12.1. The Hall–Kier alpha value is -2.86. The molecule has 0 spiro atoms. The number of nitrogens with zero attached hydrogens (tertiary/aromatic N) is 1. The monoisotopic (exact) mass is 382 g/mol. The van der Waals surface area contributed by atoms with Gasteiger partial charge in [-0.3, -0.25) is 4.79 Å². The van der Waals surface area contributed by atoms with Gasteiger partial charge in [-0.2, -0.15) is 0 Å². The smallest absolute Gasteiger partial charge is 0.229 e. The number of amides is 1. The number of aryl methyl sites for hydroxylation is 1. The van der Waals surface area contributed by atoms with Crippen LogP contribution in [0.25, 0.3) is 0 Å². The molecule has 0 fully saturated rings. The average Bonchev–Trinajstić information content (AvgIpc) is 3.11. The summed E-state index contributed by atoms with van der Waals surface area (Å²) in [7, 11) is 1.62. The highest BCUT2D eigenvalue weighted by Gasteiger charge is 2.08. The van der Waals surface area contributed by atoms with Crippen LogP contribution in [0.3, 0.4) is 0 Å². The van der Waals surface area contributed by atoms with Gasteiger partial charge in [-0.05, 0) is 36.8 Å². The molecule has 2 aromatic carbocycles. The summed E-state index contributed by atoms with van der Waals surface area (Å²) >= 11 is 1.50. The quantitative estimate of drug-likeness (QED) is 0.625. The summed E-state index contributed by atoms with van der Waals surface area (Å²) in [5, 5.41) is 3.45. The third kappa shape index (κ3) is 5.82. The highest BCUT2D eigenvalue weighted by molar-refractivity contribution is 7.15. The molecule has 0 aliphatic heterocycles. The zero-order valence-electron chi connectivity index (χ0n) is 15.4. The van der Waals surface area contributed by atoms with E-state index in [9.17, 15) is 4.79 Å². The third-order valence-corrected chi connectivity index (χ3v) is 4.87. The van der Waals surface area contributed by atoms with E-state index in [2.05, 4.69) is 41.5 Å². The summed E-state index contributed by atoms with van der Waals surface area (Å²) in [4.78, 5) is 17.5. The lowest BCUT2D eigenvalue weighted by atomic mass is 10.1. The van der Waals surface area contributed by atoms with E-state index in [4.69, 9.17) is 9.47 Å². The summed E-state index contributed by atoms with van der Waals surface area (Å²) in [6.07, 6.45) is 2.89. The second-order valence-electron chi connectivity index (χ2n) is 6.12. The van der Waals surface area contributed by atoms with Gasteiger partial charge in [-0.1, -0.05) is 29.8 Å². The second-order valence-corrected chi connectivity index (χ2v) is 7.23. The molecule has 0 bridgehead atoms. The summed E-state index contributed by atoms with van der Waals surface area (Å²) in [6, 6.07) is 15.7. The highest BCUT2D eigenvalue weighted by Crippen LogP contribution is 2.22. The van der Waals surface area contributed by atoms with Crippen LogP contribution in [-0.4, -0.2) is 24.6 Å². The van der Waals surface area contributed by atoms with Crippen molar-refractivity contribution in [1.29, 1.82) is 0 Å². The lowest BCUT2D eigenvalue weighted by molar-refractivity contribution is -0.116. The van der Waals surface area contributed by atoms with Gasteiger partial charge in [0.05, 0.1) is 20.1 Å². The van der Waals surface area contributed by atoms with Crippen molar-refractivity contribution in [1.82, 2.24) is 4.98 Å². The number of anilines is 1. The van der Waals surface area contributed by atoms with E-state index < -0.39 is 0 Å². The molecule has 0 saturated heterocycles. The van der Waals surface area contributed by atoms with Crippen LogP contribution in [-0.2, 0) is 11.2 Å². The fourth-order valence-electron chi connectivity index (χ4n) is 2.47. The van der Waals surface area contributed by atoms with Crippen LogP contribution in [0.4, 0.5) is 5.13 Å². The lowest BCUT2D eigenvalue weighted by Crippen LogP contribution is -2.14. The number of methoxy groups -OCH3 is 1. The topological polar surface area (TPSA) is 60.5 Å². The van der Waals surface area contributed by atoms with Gasteiger partial charge >= 0.3 is 0 Å². The van der Waals surface area contributed by atoms with Crippen molar-refractivity contribution in [2.45, 2.75) is 19.8 Å². The van der Waals surface area contributed by atoms with Gasteiger partial charge in [0.2, 0.25) is 5.91 Å². The molecule has 0 aliphatic carbocycles. The largest absolute Gasteiger partial charge is 0.497 e. The lowest BCUT2D eigenvalue weighted by Gasteiger charge is -2.06. The maximum atomic E-state index is 12.1. The number of carbonyl (C=O) groups is 1. The number of benzene rings is 2. The Morgan fingerprint density at radius 2 is 1.78 bits per heavy atom. The zero-order valence-corrected chi connectivity index (χ0v) is 16.2. The molecule has 6 heteroatoms. The van der Waals surface area contributed by atoms with Crippen molar-refractivity contribution < 1.29 is 14.3 Å². The Morgan fingerprint density at radius 3 is 2.48 bits per heavy atom. The second kappa shape index (κ2) is 9.19. The molecule has 5 nitrogen and oxygen atoms in total. The van der Waals surface area contributed by atoms with Crippen LogP contribution in [0.15, 0.2) is 54.7 Å². The molecular weight excluding hydrogens is 360 g/mol. The first kappa shape index (κ1) is 18.9. The minimum Gasteiger partial charge on any atom is -0.497 e. The van der Waals surface area contributed by atoms with E-state index in [1.54, 1.807) is 7.11 Å². The minimum atomic E-state index is -0.111. The van der Waals surface area contributed by atoms with Crippen LogP contribution >= 0.6 is 11.3 Å². The molecule has 1 amide bonds.